The highest BCUT2D eigenvalue weighted by atomic mass is 15.3. The van der Waals surface area contributed by atoms with E-state index in [9.17, 15) is 0 Å². The normalized spacial score (nSPS) is 18.1. The molecule has 0 radical (unpaired) electrons. The van der Waals surface area contributed by atoms with E-state index >= 15 is 0 Å². The van der Waals surface area contributed by atoms with Crippen LogP contribution in [-0.2, 0) is 6.54 Å². The van der Waals surface area contributed by atoms with E-state index < -0.39 is 0 Å². The van der Waals surface area contributed by atoms with Crippen molar-refractivity contribution < 1.29 is 0 Å². The van der Waals surface area contributed by atoms with Crippen molar-refractivity contribution in [1.29, 1.82) is 5.26 Å². The fraction of sp³-hybridized carbons (Fsp3) is 0.308. The molecule has 4 aromatic rings. The Bertz CT molecular complexity index is 1450. The lowest BCUT2D eigenvalue weighted by Crippen LogP contribution is -2.55. The topological polar surface area (TPSA) is 78.8 Å². The van der Waals surface area contributed by atoms with Gasteiger partial charge in [-0.1, -0.05) is 12.1 Å². The summed E-state index contributed by atoms with van der Waals surface area (Å²) < 4.78 is 4.25. The molecule has 8 nitrogen and oxygen atoms in total. The van der Waals surface area contributed by atoms with Gasteiger partial charge >= 0.3 is 0 Å². The molecule has 0 saturated carbocycles. The van der Waals surface area contributed by atoms with Gasteiger partial charge in [0.2, 0.25) is 0 Å². The van der Waals surface area contributed by atoms with Gasteiger partial charge in [-0.3, -0.25) is 4.57 Å². The zero-order valence-corrected chi connectivity index (χ0v) is 19.0. The van der Waals surface area contributed by atoms with Crippen molar-refractivity contribution in [2.75, 3.05) is 38.1 Å². The summed E-state index contributed by atoms with van der Waals surface area (Å²) in [6.45, 7) is 5.18. The minimum Gasteiger partial charge on any atom is -0.356 e. The second-order valence-corrected chi connectivity index (χ2v) is 9.93. The molecule has 8 heteroatoms. The van der Waals surface area contributed by atoms with Crippen molar-refractivity contribution in [2.24, 2.45) is 5.41 Å². The number of nitrogens with zero attached hydrogens (tertiary/aromatic N) is 8. The van der Waals surface area contributed by atoms with Crippen LogP contribution in [0.5, 0.6) is 0 Å². The second-order valence-electron chi connectivity index (χ2n) is 9.93. The van der Waals surface area contributed by atoms with Gasteiger partial charge in [0.05, 0.1) is 35.3 Å². The summed E-state index contributed by atoms with van der Waals surface area (Å²) in [5.41, 5.74) is 6.32. The summed E-state index contributed by atoms with van der Waals surface area (Å²) in [7, 11) is 2.20. The molecule has 6 heterocycles. The van der Waals surface area contributed by atoms with Crippen LogP contribution >= 0.6 is 0 Å². The summed E-state index contributed by atoms with van der Waals surface area (Å²) in [5.74, 6) is 1.87. The smallest absolute Gasteiger partial charge is 0.185 e. The summed E-state index contributed by atoms with van der Waals surface area (Å²) in [5, 5.41) is 17.8. The first-order valence-corrected chi connectivity index (χ1v) is 11.7. The molecule has 0 unspecified atom stereocenters. The summed E-state index contributed by atoms with van der Waals surface area (Å²) in [4.78, 5) is 10.0. The number of rotatable bonds is 2. The number of anilines is 1. The molecule has 7 rings (SSSR count). The maximum atomic E-state index is 9.12. The van der Waals surface area contributed by atoms with Crippen molar-refractivity contribution in [2.45, 2.75) is 13.0 Å². The van der Waals surface area contributed by atoms with Crippen molar-refractivity contribution in [3.63, 3.8) is 0 Å². The van der Waals surface area contributed by atoms with Crippen LogP contribution in [0.4, 0.5) is 5.82 Å². The van der Waals surface area contributed by atoms with Gasteiger partial charge in [0.1, 0.15) is 12.1 Å². The minimum atomic E-state index is 0.439. The van der Waals surface area contributed by atoms with E-state index in [1.807, 2.05) is 28.8 Å². The number of likely N-dealkylation sites (tertiary alicyclic amines) is 1. The van der Waals surface area contributed by atoms with Gasteiger partial charge in [-0.25, -0.2) is 4.98 Å². The Balaban J connectivity index is 1.26. The Morgan fingerprint density at radius 2 is 1.88 bits per heavy atom. The van der Waals surface area contributed by atoms with Crippen LogP contribution < -0.4 is 4.90 Å². The standard InChI is InChI=1S/C26H24N8/c1-31-14-26(15-31)8-9-32(16-26)24-7-6-22-21(29-24)13-33-12-20(19-4-2-18(11-27)3-5-19)10-23(33)25-30-28-17-34(22)25/h2-7,10,12,17H,8-9,13-16H2,1H3. The first kappa shape index (κ1) is 19.5. The van der Waals surface area contributed by atoms with Crippen LogP contribution in [0, 0.1) is 16.7 Å². The first-order chi connectivity index (χ1) is 16.6. The number of aromatic nitrogens is 5. The molecule has 2 fully saturated rings. The number of nitriles is 1. The predicted molar refractivity (Wildman–Crippen MR) is 129 cm³/mol. The average Bonchev–Trinajstić information content (AvgIpc) is 3.56. The highest BCUT2D eigenvalue weighted by molar-refractivity contribution is 5.71. The van der Waals surface area contributed by atoms with Crippen LogP contribution in [0.15, 0.2) is 55.0 Å². The third-order valence-corrected chi connectivity index (χ3v) is 7.51. The summed E-state index contributed by atoms with van der Waals surface area (Å²) in [6, 6.07) is 16.3. The molecule has 0 amide bonds. The van der Waals surface area contributed by atoms with E-state index in [1.165, 1.54) is 19.5 Å². The van der Waals surface area contributed by atoms with Gasteiger partial charge in [-0.05, 0) is 49.4 Å². The molecule has 2 saturated heterocycles. The SMILES string of the molecule is CN1CC2(CCN(c3ccc4c(n3)Cn3cc(-c5ccc(C#N)cc5)cc3-c3nncn3-4)C2)C1. The van der Waals surface area contributed by atoms with Gasteiger partial charge in [-0.2, -0.15) is 5.26 Å². The van der Waals surface area contributed by atoms with E-state index in [0.717, 1.165) is 52.9 Å². The molecule has 3 aliphatic heterocycles. The summed E-state index contributed by atoms with van der Waals surface area (Å²) >= 11 is 0. The number of pyridine rings is 1. The maximum absolute atomic E-state index is 9.12. The Labute approximate surface area is 197 Å². The van der Waals surface area contributed by atoms with Crippen molar-refractivity contribution in [1.82, 2.24) is 29.2 Å². The van der Waals surface area contributed by atoms with Gasteiger partial charge in [0, 0.05) is 43.4 Å². The third kappa shape index (κ3) is 2.90. The lowest BCUT2D eigenvalue weighted by Gasteiger charge is -2.46. The zero-order valence-electron chi connectivity index (χ0n) is 19.0. The largest absolute Gasteiger partial charge is 0.356 e. The Hall–Kier alpha value is -3.96. The molecule has 168 valence electrons. The Morgan fingerprint density at radius 3 is 2.68 bits per heavy atom. The quantitative estimate of drug-likeness (QED) is 0.413. The van der Waals surface area contributed by atoms with E-state index in [-0.39, 0.29) is 0 Å². The maximum Gasteiger partial charge on any atom is 0.185 e. The van der Waals surface area contributed by atoms with Crippen LogP contribution in [0.25, 0.3) is 28.3 Å². The molecule has 34 heavy (non-hydrogen) atoms. The highest BCUT2D eigenvalue weighted by Gasteiger charge is 2.46. The molecule has 3 aromatic heterocycles. The number of benzene rings is 1. The van der Waals surface area contributed by atoms with Crippen LogP contribution in [0.2, 0.25) is 0 Å². The fourth-order valence-electron chi connectivity index (χ4n) is 5.95. The summed E-state index contributed by atoms with van der Waals surface area (Å²) in [6.07, 6.45) is 5.16. The van der Waals surface area contributed by atoms with Crippen molar-refractivity contribution >= 4 is 5.82 Å². The lowest BCUT2D eigenvalue weighted by molar-refractivity contribution is 0.0424. The molecule has 0 bridgehead atoms. The second kappa shape index (κ2) is 7.02. The highest BCUT2D eigenvalue weighted by Crippen LogP contribution is 2.40. The Kier molecular flexibility index (Phi) is 4.03. The number of hydrogen-bond donors (Lipinski definition) is 0. The van der Waals surface area contributed by atoms with E-state index in [0.29, 0.717) is 17.5 Å². The fourth-order valence-corrected chi connectivity index (χ4v) is 5.95. The monoisotopic (exact) mass is 448 g/mol. The Morgan fingerprint density at radius 1 is 1.03 bits per heavy atom. The van der Waals surface area contributed by atoms with Gasteiger partial charge in [0.15, 0.2) is 5.82 Å². The van der Waals surface area contributed by atoms with Gasteiger partial charge < -0.3 is 14.4 Å². The molecule has 1 spiro atoms. The molecular formula is C26H24N8. The average molecular weight is 449 g/mol. The third-order valence-electron chi connectivity index (χ3n) is 7.51. The van der Waals surface area contributed by atoms with Crippen molar-refractivity contribution in [3.8, 4) is 34.4 Å². The number of hydrogen-bond acceptors (Lipinski definition) is 6. The molecule has 0 N–H and O–H groups in total. The zero-order chi connectivity index (χ0) is 22.9. The van der Waals surface area contributed by atoms with Crippen LogP contribution in [-0.4, -0.2) is 62.4 Å². The molecule has 0 atom stereocenters. The van der Waals surface area contributed by atoms with Crippen LogP contribution in [0.3, 0.4) is 0 Å². The lowest BCUT2D eigenvalue weighted by atomic mass is 9.79. The first-order valence-electron chi connectivity index (χ1n) is 11.7. The number of fused-ring (bicyclic) bond motifs is 5. The predicted octanol–water partition coefficient (Wildman–Crippen LogP) is 3.17. The van der Waals surface area contributed by atoms with Gasteiger partial charge in [-0.15, -0.1) is 10.2 Å². The minimum absolute atomic E-state index is 0.439. The molecular weight excluding hydrogens is 424 g/mol. The molecule has 0 aliphatic carbocycles. The van der Waals surface area contributed by atoms with Gasteiger partial charge in [0.25, 0.3) is 0 Å². The van der Waals surface area contributed by atoms with Crippen LogP contribution in [0.1, 0.15) is 17.7 Å². The van der Waals surface area contributed by atoms with E-state index in [1.54, 1.807) is 6.33 Å². The van der Waals surface area contributed by atoms with E-state index in [2.05, 4.69) is 62.1 Å². The van der Waals surface area contributed by atoms with Crippen molar-refractivity contribution in [3.05, 3.63) is 66.2 Å². The molecule has 3 aliphatic rings. The molecule has 1 aromatic carbocycles. The van der Waals surface area contributed by atoms with E-state index in [4.69, 9.17) is 10.2 Å².